The van der Waals surface area contributed by atoms with Gasteiger partial charge in [0.2, 0.25) is 5.76 Å². The smallest absolute Gasteiger partial charge is 0.371 e. The number of benzene rings is 1. The van der Waals surface area contributed by atoms with Crippen molar-refractivity contribution < 1.29 is 14.3 Å². The highest BCUT2D eigenvalue weighted by atomic mass is 32.1. The Labute approximate surface area is 79.4 Å². The lowest BCUT2D eigenvalue weighted by molar-refractivity contribution is 0.0665. The molecule has 0 aliphatic carbocycles. The fourth-order valence-corrected chi connectivity index (χ4v) is 1.41. The van der Waals surface area contributed by atoms with E-state index in [0.29, 0.717) is 10.5 Å². The Bertz CT molecular complexity index is 473. The zero-order valence-corrected chi connectivity index (χ0v) is 7.41. The van der Waals surface area contributed by atoms with Gasteiger partial charge in [0.15, 0.2) is 0 Å². The van der Waals surface area contributed by atoms with Gasteiger partial charge in [-0.15, -0.1) is 12.6 Å². The van der Waals surface area contributed by atoms with Gasteiger partial charge >= 0.3 is 5.97 Å². The van der Waals surface area contributed by atoms with E-state index in [1.807, 2.05) is 0 Å². The third-order valence-corrected chi connectivity index (χ3v) is 2.14. The molecule has 0 saturated carbocycles. The van der Waals surface area contributed by atoms with Crippen molar-refractivity contribution in [1.29, 1.82) is 0 Å². The lowest BCUT2D eigenvalue weighted by Crippen LogP contribution is -1.91. The van der Waals surface area contributed by atoms with E-state index in [9.17, 15) is 4.79 Å². The Morgan fingerprint density at radius 3 is 2.85 bits per heavy atom. The van der Waals surface area contributed by atoms with Gasteiger partial charge in [-0.3, -0.25) is 0 Å². The van der Waals surface area contributed by atoms with Crippen LogP contribution in [0.1, 0.15) is 10.6 Å². The highest BCUT2D eigenvalue weighted by molar-refractivity contribution is 7.80. The van der Waals surface area contributed by atoms with Crippen LogP contribution in [0, 0.1) is 0 Å². The Morgan fingerprint density at radius 2 is 2.23 bits per heavy atom. The zero-order valence-electron chi connectivity index (χ0n) is 6.52. The molecule has 0 saturated heterocycles. The molecule has 1 heterocycles. The molecule has 1 aromatic carbocycles. The van der Waals surface area contributed by atoms with Gasteiger partial charge in [-0.2, -0.15) is 0 Å². The van der Waals surface area contributed by atoms with Crippen LogP contribution < -0.4 is 0 Å². The summed E-state index contributed by atoms with van der Waals surface area (Å²) in [5.74, 6) is -1.12. The van der Waals surface area contributed by atoms with Crippen LogP contribution in [0.4, 0.5) is 0 Å². The highest BCUT2D eigenvalue weighted by Crippen LogP contribution is 2.25. The van der Waals surface area contributed by atoms with Crippen LogP contribution in [0.25, 0.3) is 11.0 Å². The Hall–Kier alpha value is -1.42. The topological polar surface area (TPSA) is 50.4 Å². The van der Waals surface area contributed by atoms with Crippen LogP contribution in [0.15, 0.2) is 33.6 Å². The lowest BCUT2D eigenvalue weighted by Gasteiger charge is -1.89. The fraction of sp³-hybridized carbons (Fsp3) is 0. The molecule has 4 heteroatoms. The van der Waals surface area contributed by atoms with Gasteiger partial charge < -0.3 is 9.52 Å². The molecule has 0 fully saturated rings. The number of hydrogen-bond donors (Lipinski definition) is 2. The molecule has 2 aromatic rings. The van der Waals surface area contributed by atoms with Gasteiger partial charge in [0, 0.05) is 16.3 Å². The zero-order chi connectivity index (χ0) is 9.42. The second-order valence-corrected chi connectivity index (χ2v) is 3.09. The van der Waals surface area contributed by atoms with Crippen molar-refractivity contribution in [3.05, 3.63) is 30.0 Å². The fourth-order valence-electron chi connectivity index (χ4n) is 1.15. The SMILES string of the molecule is O=C(O)c1cc2c(S)cccc2o1. The van der Waals surface area contributed by atoms with E-state index in [-0.39, 0.29) is 5.76 Å². The predicted molar refractivity (Wildman–Crippen MR) is 50.4 cm³/mol. The van der Waals surface area contributed by atoms with E-state index in [0.717, 1.165) is 5.39 Å². The van der Waals surface area contributed by atoms with Crippen molar-refractivity contribution >= 4 is 29.6 Å². The lowest BCUT2D eigenvalue weighted by atomic mass is 10.2. The Balaban J connectivity index is 2.75. The molecule has 0 spiro atoms. The van der Waals surface area contributed by atoms with Crippen molar-refractivity contribution in [3.63, 3.8) is 0 Å². The minimum Gasteiger partial charge on any atom is -0.475 e. The first kappa shape index (κ1) is 8.19. The van der Waals surface area contributed by atoms with E-state index in [1.165, 1.54) is 6.07 Å². The van der Waals surface area contributed by atoms with Gasteiger partial charge in [-0.25, -0.2) is 4.79 Å². The number of hydrogen-bond acceptors (Lipinski definition) is 3. The first-order valence-electron chi connectivity index (χ1n) is 3.63. The molecule has 0 bridgehead atoms. The molecule has 0 aliphatic heterocycles. The molecular weight excluding hydrogens is 188 g/mol. The molecular formula is C9H6O3S. The number of carboxylic acid groups (broad SMARTS) is 1. The van der Waals surface area contributed by atoms with Gasteiger partial charge in [0.25, 0.3) is 0 Å². The molecule has 66 valence electrons. The maximum absolute atomic E-state index is 10.6. The van der Waals surface area contributed by atoms with Crippen molar-refractivity contribution in [2.45, 2.75) is 4.90 Å². The predicted octanol–water partition coefficient (Wildman–Crippen LogP) is 2.42. The number of thiol groups is 1. The monoisotopic (exact) mass is 194 g/mol. The number of carboxylic acids is 1. The number of carbonyl (C=O) groups is 1. The van der Waals surface area contributed by atoms with Crippen LogP contribution in [0.5, 0.6) is 0 Å². The van der Waals surface area contributed by atoms with Crippen molar-refractivity contribution in [2.24, 2.45) is 0 Å². The minimum absolute atomic E-state index is 0.0588. The van der Waals surface area contributed by atoms with Crippen molar-refractivity contribution in [1.82, 2.24) is 0 Å². The summed E-state index contributed by atoms with van der Waals surface area (Å²) in [5, 5.41) is 9.38. The summed E-state index contributed by atoms with van der Waals surface area (Å²) in [6.07, 6.45) is 0. The van der Waals surface area contributed by atoms with Crippen LogP contribution in [0.2, 0.25) is 0 Å². The summed E-state index contributed by atoms with van der Waals surface area (Å²) in [7, 11) is 0. The second-order valence-electron chi connectivity index (χ2n) is 2.60. The Morgan fingerprint density at radius 1 is 1.46 bits per heavy atom. The molecule has 1 N–H and O–H groups in total. The maximum atomic E-state index is 10.6. The summed E-state index contributed by atoms with van der Waals surface area (Å²) in [5.41, 5.74) is 0.546. The van der Waals surface area contributed by atoms with E-state index >= 15 is 0 Å². The number of furan rings is 1. The summed E-state index contributed by atoms with van der Waals surface area (Å²) in [4.78, 5) is 11.3. The van der Waals surface area contributed by atoms with Crippen molar-refractivity contribution in [2.75, 3.05) is 0 Å². The first-order valence-corrected chi connectivity index (χ1v) is 4.08. The van der Waals surface area contributed by atoms with E-state index < -0.39 is 5.97 Å². The average Bonchev–Trinajstić information content (AvgIpc) is 2.49. The molecule has 1 aromatic heterocycles. The van der Waals surface area contributed by atoms with E-state index in [2.05, 4.69) is 12.6 Å². The summed E-state index contributed by atoms with van der Waals surface area (Å²) in [6.45, 7) is 0. The first-order chi connectivity index (χ1) is 6.18. The second kappa shape index (κ2) is 2.81. The molecule has 0 unspecified atom stereocenters. The molecule has 2 rings (SSSR count). The van der Waals surface area contributed by atoms with Crippen LogP contribution in [-0.2, 0) is 0 Å². The average molecular weight is 194 g/mol. The quantitative estimate of drug-likeness (QED) is 0.685. The van der Waals surface area contributed by atoms with Gasteiger partial charge in [-0.1, -0.05) is 6.07 Å². The van der Waals surface area contributed by atoms with E-state index in [1.54, 1.807) is 18.2 Å². The highest BCUT2D eigenvalue weighted by Gasteiger charge is 2.10. The minimum atomic E-state index is -1.07. The summed E-state index contributed by atoms with van der Waals surface area (Å²) in [6, 6.07) is 6.73. The number of aromatic carboxylic acids is 1. The molecule has 13 heavy (non-hydrogen) atoms. The van der Waals surface area contributed by atoms with Crippen LogP contribution in [-0.4, -0.2) is 11.1 Å². The van der Waals surface area contributed by atoms with Gasteiger partial charge in [0.1, 0.15) is 5.58 Å². The molecule has 0 radical (unpaired) electrons. The maximum Gasteiger partial charge on any atom is 0.371 e. The normalized spacial score (nSPS) is 10.5. The number of fused-ring (bicyclic) bond motifs is 1. The standard InChI is InChI=1S/C9H6O3S/c10-9(11)7-4-5-6(12-7)2-1-3-8(5)13/h1-4,13H,(H,10,11). The third kappa shape index (κ3) is 1.29. The third-order valence-electron chi connectivity index (χ3n) is 1.75. The van der Waals surface area contributed by atoms with Crippen LogP contribution in [0.3, 0.4) is 0 Å². The Kier molecular flexibility index (Phi) is 1.77. The summed E-state index contributed by atoms with van der Waals surface area (Å²) < 4.78 is 5.06. The molecule has 0 aliphatic rings. The van der Waals surface area contributed by atoms with Gasteiger partial charge in [-0.05, 0) is 12.1 Å². The largest absolute Gasteiger partial charge is 0.475 e. The molecule has 0 atom stereocenters. The van der Waals surface area contributed by atoms with Crippen molar-refractivity contribution in [3.8, 4) is 0 Å². The molecule has 0 amide bonds. The summed E-state index contributed by atoms with van der Waals surface area (Å²) >= 11 is 4.18. The van der Waals surface area contributed by atoms with E-state index in [4.69, 9.17) is 9.52 Å². The van der Waals surface area contributed by atoms with Crippen LogP contribution >= 0.6 is 12.6 Å². The molecule has 3 nitrogen and oxygen atoms in total. The number of rotatable bonds is 1. The van der Waals surface area contributed by atoms with Gasteiger partial charge in [0.05, 0.1) is 0 Å².